The largest absolute Gasteiger partial charge is 0.476 e. The average molecular weight is 756 g/mol. The monoisotopic (exact) mass is 754 g/mol. The molecule has 2 aromatic heterocycles. The Hall–Kier alpha value is -5.57. The van der Waals surface area contributed by atoms with Gasteiger partial charge in [-0.25, -0.2) is 9.36 Å². The van der Waals surface area contributed by atoms with E-state index in [1.165, 1.54) is 17.5 Å². The van der Waals surface area contributed by atoms with Crippen LogP contribution in [0.25, 0.3) is 22.5 Å². The zero-order valence-electron chi connectivity index (χ0n) is 30.0. The van der Waals surface area contributed by atoms with Crippen molar-refractivity contribution in [3.63, 3.8) is 0 Å². The fraction of sp³-hybridized carbons (Fsp3) is 0.205. The van der Waals surface area contributed by atoms with Gasteiger partial charge >= 0.3 is 0 Å². The first-order valence-electron chi connectivity index (χ1n) is 18.3. The molecule has 0 spiro atoms. The predicted molar refractivity (Wildman–Crippen MR) is 215 cm³/mol. The van der Waals surface area contributed by atoms with Crippen molar-refractivity contribution in [1.29, 1.82) is 0 Å². The molecule has 272 valence electrons. The molecular weight excluding hydrogens is 715 g/mol. The highest BCUT2D eigenvalue weighted by Crippen LogP contribution is 2.43. The van der Waals surface area contributed by atoms with Gasteiger partial charge in [0.05, 0.1) is 13.2 Å². The molecular formula is C44H40Cl2N6O2. The SMILES string of the molecule is CCCCCCCOc1nn(Cc2ccc(-c3ccccc3-c3nnnn3C(c3ccccc3)(c3ccccc3)c3ccccc3)cc2)c(=O)c(Cl)c1Cl. The lowest BCUT2D eigenvalue weighted by atomic mass is 9.77. The van der Waals surface area contributed by atoms with E-state index in [1.807, 2.05) is 102 Å². The van der Waals surface area contributed by atoms with Gasteiger partial charge in [0, 0.05) is 5.56 Å². The van der Waals surface area contributed by atoms with E-state index >= 15 is 0 Å². The second kappa shape index (κ2) is 17.1. The van der Waals surface area contributed by atoms with Crippen molar-refractivity contribution in [3.8, 4) is 28.4 Å². The first-order valence-corrected chi connectivity index (χ1v) is 19.0. The average Bonchev–Trinajstić information content (AvgIpc) is 3.72. The quantitative estimate of drug-likeness (QED) is 0.0765. The molecule has 54 heavy (non-hydrogen) atoms. The summed E-state index contributed by atoms with van der Waals surface area (Å²) in [4.78, 5) is 13.1. The minimum absolute atomic E-state index is 0.0385. The van der Waals surface area contributed by atoms with E-state index in [0.717, 1.165) is 58.2 Å². The van der Waals surface area contributed by atoms with Gasteiger partial charge in [-0.3, -0.25) is 4.79 Å². The Bertz CT molecular complexity index is 2250. The predicted octanol–water partition coefficient (Wildman–Crippen LogP) is 10.1. The number of aromatic nitrogens is 6. The van der Waals surface area contributed by atoms with Gasteiger partial charge in [-0.05, 0) is 50.2 Å². The summed E-state index contributed by atoms with van der Waals surface area (Å²) in [6.45, 7) is 2.82. The third kappa shape index (κ3) is 7.45. The van der Waals surface area contributed by atoms with Crippen LogP contribution in [0.5, 0.6) is 5.88 Å². The Morgan fingerprint density at radius 3 is 1.80 bits per heavy atom. The van der Waals surface area contributed by atoms with Crippen LogP contribution < -0.4 is 10.3 Å². The summed E-state index contributed by atoms with van der Waals surface area (Å²) in [5, 5.41) is 18.1. The molecule has 0 bridgehead atoms. The molecule has 0 atom stereocenters. The van der Waals surface area contributed by atoms with Crippen molar-refractivity contribution >= 4 is 23.2 Å². The van der Waals surface area contributed by atoms with Gasteiger partial charge < -0.3 is 4.74 Å². The van der Waals surface area contributed by atoms with Gasteiger partial charge in [-0.2, -0.15) is 0 Å². The van der Waals surface area contributed by atoms with Crippen LogP contribution in [-0.4, -0.2) is 36.6 Å². The summed E-state index contributed by atoms with van der Waals surface area (Å²) < 4.78 is 9.11. The Labute approximate surface area is 325 Å². The van der Waals surface area contributed by atoms with Crippen LogP contribution in [0.1, 0.15) is 61.3 Å². The number of ether oxygens (including phenoxy) is 1. The smallest absolute Gasteiger partial charge is 0.287 e. The van der Waals surface area contributed by atoms with E-state index in [2.05, 4.69) is 64.8 Å². The third-order valence-corrected chi connectivity index (χ3v) is 10.4. The van der Waals surface area contributed by atoms with Gasteiger partial charge in [0.15, 0.2) is 5.82 Å². The highest BCUT2D eigenvalue weighted by Gasteiger charge is 2.42. The number of hydrogen-bond donors (Lipinski definition) is 0. The molecule has 0 aliphatic rings. The van der Waals surface area contributed by atoms with Crippen molar-refractivity contribution < 1.29 is 4.74 Å². The molecule has 5 aromatic carbocycles. The summed E-state index contributed by atoms with van der Waals surface area (Å²) in [6, 6.07) is 47.1. The standard InChI is InChI=1S/C44H40Cl2N6O2/c1-2-3-4-5-17-30-54-42-39(45)40(46)43(53)51(48-42)31-32-26-28-33(29-27-32)37-24-15-16-25-38(37)41-47-49-50-52(41)44(34-18-9-6-10-19-34,35-20-11-7-12-21-35)36-22-13-8-14-23-36/h6-16,18-29H,2-5,17,30-31H2,1H3. The number of benzene rings is 5. The Kier molecular flexibility index (Phi) is 11.6. The number of unbranched alkanes of at least 4 members (excludes halogenated alkanes) is 4. The van der Waals surface area contributed by atoms with Crippen LogP contribution in [-0.2, 0) is 12.1 Å². The van der Waals surface area contributed by atoms with Crippen LogP contribution in [0.3, 0.4) is 0 Å². The molecule has 0 unspecified atom stereocenters. The summed E-state index contributed by atoms with van der Waals surface area (Å²) in [5.41, 5.74) is 5.31. The first kappa shape index (κ1) is 36.8. The molecule has 0 N–H and O–H groups in total. The third-order valence-electron chi connectivity index (χ3n) is 9.63. The lowest BCUT2D eigenvalue weighted by Gasteiger charge is -2.36. The normalized spacial score (nSPS) is 11.5. The van der Waals surface area contributed by atoms with Crippen LogP contribution >= 0.6 is 23.2 Å². The summed E-state index contributed by atoms with van der Waals surface area (Å²) in [6.07, 6.45) is 5.43. The summed E-state index contributed by atoms with van der Waals surface area (Å²) >= 11 is 12.7. The molecule has 7 rings (SSSR count). The topological polar surface area (TPSA) is 87.7 Å². The number of tetrazole rings is 1. The lowest BCUT2D eigenvalue weighted by molar-refractivity contribution is 0.284. The van der Waals surface area contributed by atoms with E-state index in [1.54, 1.807) is 0 Å². The van der Waals surface area contributed by atoms with Crippen molar-refractivity contribution in [1.82, 2.24) is 30.0 Å². The van der Waals surface area contributed by atoms with Gasteiger partial charge in [0.25, 0.3) is 11.4 Å². The molecule has 2 heterocycles. The number of halogens is 2. The molecule has 0 saturated heterocycles. The number of nitrogens with zero attached hydrogens (tertiary/aromatic N) is 6. The molecule has 0 fully saturated rings. The van der Waals surface area contributed by atoms with Crippen molar-refractivity contribution in [2.45, 2.75) is 51.1 Å². The number of hydrogen-bond acceptors (Lipinski definition) is 6. The molecule has 8 nitrogen and oxygen atoms in total. The van der Waals surface area contributed by atoms with E-state index < -0.39 is 11.1 Å². The molecule has 0 radical (unpaired) electrons. The molecule has 0 aliphatic carbocycles. The Balaban J connectivity index is 1.24. The molecule has 10 heteroatoms. The van der Waals surface area contributed by atoms with E-state index in [-0.39, 0.29) is 22.5 Å². The van der Waals surface area contributed by atoms with Crippen LogP contribution in [0.4, 0.5) is 0 Å². The Morgan fingerprint density at radius 1 is 0.648 bits per heavy atom. The van der Waals surface area contributed by atoms with Gasteiger partial charge in [-0.1, -0.05) is 195 Å². The maximum Gasteiger partial charge on any atom is 0.287 e. The van der Waals surface area contributed by atoms with Crippen molar-refractivity contribution in [2.75, 3.05) is 6.61 Å². The zero-order chi connectivity index (χ0) is 37.3. The minimum Gasteiger partial charge on any atom is -0.476 e. The lowest BCUT2D eigenvalue weighted by Crippen LogP contribution is -2.39. The minimum atomic E-state index is -0.892. The van der Waals surface area contributed by atoms with Gasteiger partial charge in [0.2, 0.25) is 0 Å². The Morgan fingerprint density at radius 2 is 1.20 bits per heavy atom. The zero-order valence-corrected chi connectivity index (χ0v) is 31.5. The highest BCUT2D eigenvalue weighted by molar-refractivity contribution is 6.42. The van der Waals surface area contributed by atoms with E-state index in [0.29, 0.717) is 12.4 Å². The molecule has 0 amide bonds. The maximum atomic E-state index is 13.1. The second-order valence-electron chi connectivity index (χ2n) is 13.1. The van der Waals surface area contributed by atoms with Crippen molar-refractivity contribution in [2.24, 2.45) is 0 Å². The van der Waals surface area contributed by atoms with E-state index in [9.17, 15) is 4.79 Å². The highest BCUT2D eigenvalue weighted by atomic mass is 35.5. The molecule has 0 aliphatic heterocycles. The van der Waals surface area contributed by atoms with E-state index in [4.69, 9.17) is 33.2 Å². The maximum absolute atomic E-state index is 13.1. The fourth-order valence-electron chi connectivity index (χ4n) is 6.95. The van der Waals surface area contributed by atoms with Crippen LogP contribution in [0.15, 0.2) is 144 Å². The summed E-state index contributed by atoms with van der Waals surface area (Å²) in [7, 11) is 0. The van der Waals surface area contributed by atoms with Crippen LogP contribution in [0, 0.1) is 0 Å². The van der Waals surface area contributed by atoms with Crippen LogP contribution in [0.2, 0.25) is 10.0 Å². The fourth-order valence-corrected chi connectivity index (χ4v) is 7.30. The van der Waals surface area contributed by atoms with Gasteiger partial charge in [0.1, 0.15) is 15.6 Å². The van der Waals surface area contributed by atoms with Crippen molar-refractivity contribution in [3.05, 3.63) is 182 Å². The number of rotatable bonds is 15. The molecule has 0 saturated carbocycles. The molecule has 7 aromatic rings. The summed E-state index contributed by atoms with van der Waals surface area (Å²) in [5.74, 6) is 0.772. The van der Waals surface area contributed by atoms with Gasteiger partial charge in [-0.15, -0.1) is 10.2 Å². The second-order valence-corrected chi connectivity index (χ2v) is 13.9. The first-order chi connectivity index (χ1) is 26.5.